The van der Waals surface area contributed by atoms with E-state index < -0.39 is 8.32 Å². The van der Waals surface area contributed by atoms with E-state index in [0.29, 0.717) is 6.04 Å². The van der Waals surface area contributed by atoms with Crippen molar-refractivity contribution in [2.45, 2.75) is 71.1 Å². The molecule has 1 aliphatic rings. The van der Waals surface area contributed by atoms with Crippen molar-refractivity contribution in [3.8, 4) is 0 Å². The van der Waals surface area contributed by atoms with E-state index in [9.17, 15) is 4.79 Å². The van der Waals surface area contributed by atoms with Gasteiger partial charge in [0.25, 0.3) is 0 Å². The second kappa shape index (κ2) is 11.6. The lowest BCUT2D eigenvalue weighted by molar-refractivity contribution is -0.134. The molecule has 0 saturated carbocycles. The molecular formula is C32H44N2O3Si. The fourth-order valence-corrected chi connectivity index (χ4v) is 6.23. The van der Waals surface area contributed by atoms with Crippen molar-refractivity contribution >= 4 is 30.8 Å². The summed E-state index contributed by atoms with van der Waals surface area (Å²) < 4.78 is 11.4. The van der Waals surface area contributed by atoms with Crippen molar-refractivity contribution in [2.24, 2.45) is 0 Å². The normalized spacial score (nSPS) is 16.3. The smallest absolute Gasteiger partial charge is 0.330 e. The van der Waals surface area contributed by atoms with Gasteiger partial charge in [0, 0.05) is 48.9 Å². The monoisotopic (exact) mass is 532 g/mol. The molecule has 3 aromatic rings. The average Bonchev–Trinajstić information content (AvgIpc) is 3.49. The first-order chi connectivity index (χ1) is 18.0. The van der Waals surface area contributed by atoms with Crippen LogP contribution >= 0.6 is 0 Å². The third-order valence-corrected chi connectivity index (χ3v) is 13.1. The number of fused-ring (bicyclic) bond motifs is 2. The molecule has 38 heavy (non-hydrogen) atoms. The molecule has 1 atom stereocenters. The Balaban J connectivity index is 1.54. The van der Waals surface area contributed by atoms with Gasteiger partial charge >= 0.3 is 5.97 Å². The molecule has 0 spiro atoms. The van der Waals surface area contributed by atoms with Crippen LogP contribution < -0.4 is 0 Å². The van der Waals surface area contributed by atoms with E-state index in [2.05, 4.69) is 92.4 Å². The van der Waals surface area contributed by atoms with Crippen LogP contribution in [0, 0.1) is 0 Å². The van der Waals surface area contributed by atoms with Gasteiger partial charge in [-0.2, -0.15) is 0 Å². The maximum atomic E-state index is 11.7. The summed E-state index contributed by atoms with van der Waals surface area (Å²) in [6.07, 6.45) is 6.88. The molecular weight excluding hydrogens is 488 g/mol. The molecule has 1 heterocycles. The lowest BCUT2D eigenvalue weighted by Gasteiger charge is -2.37. The SMILES string of the molecule is COC(=O)/C=C(\C)c1ccc2c(c1)CCC2N(CCO[Si](C)(C)C(C)(C)C)CCc1c[nH]c2ccccc12. The third kappa shape index (κ3) is 6.30. The average molecular weight is 533 g/mol. The number of ether oxygens (including phenoxy) is 1. The van der Waals surface area contributed by atoms with Gasteiger partial charge in [0.1, 0.15) is 0 Å². The Morgan fingerprint density at radius 2 is 1.92 bits per heavy atom. The van der Waals surface area contributed by atoms with Crippen molar-refractivity contribution < 1.29 is 14.0 Å². The summed E-state index contributed by atoms with van der Waals surface area (Å²) in [5.74, 6) is -0.314. The Morgan fingerprint density at radius 1 is 1.16 bits per heavy atom. The van der Waals surface area contributed by atoms with Gasteiger partial charge in [0.2, 0.25) is 0 Å². The maximum absolute atomic E-state index is 11.7. The summed E-state index contributed by atoms with van der Waals surface area (Å²) in [6.45, 7) is 16.2. The fourth-order valence-electron chi connectivity index (χ4n) is 5.20. The highest BCUT2D eigenvalue weighted by molar-refractivity contribution is 6.74. The van der Waals surface area contributed by atoms with Gasteiger partial charge in [-0.3, -0.25) is 4.90 Å². The van der Waals surface area contributed by atoms with Gasteiger partial charge in [0.05, 0.1) is 7.11 Å². The number of hydrogen-bond donors (Lipinski definition) is 1. The van der Waals surface area contributed by atoms with E-state index in [-0.39, 0.29) is 11.0 Å². The van der Waals surface area contributed by atoms with Crippen LogP contribution in [-0.4, -0.2) is 51.0 Å². The Bertz CT molecular complexity index is 1300. The van der Waals surface area contributed by atoms with Gasteiger partial charge in [0.15, 0.2) is 8.32 Å². The minimum atomic E-state index is -1.81. The molecule has 1 unspecified atom stereocenters. The van der Waals surface area contributed by atoms with Gasteiger partial charge in [-0.05, 0) is 78.2 Å². The molecule has 4 rings (SSSR count). The lowest BCUT2D eigenvalue weighted by atomic mass is 9.99. The van der Waals surface area contributed by atoms with Crippen LogP contribution in [0.1, 0.15) is 62.4 Å². The summed E-state index contributed by atoms with van der Waals surface area (Å²) >= 11 is 0. The van der Waals surface area contributed by atoms with Crippen LogP contribution in [0.5, 0.6) is 0 Å². The number of para-hydroxylation sites is 1. The summed E-state index contributed by atoms with van der Waals surface area (Å²) in [6, 6.07) is 15.6. The number of allylic oxidation sites excluding steroid dienone is 1. The highest BCUT2D eigenvalue weighted by atomic mass is 28.4. The summed E-state index contributed by atoms with van der Waals surface area (Å²) in [5, 5.41) is 1.52. The topological polar surface area (TPSA) is 54.6 Å². The molecule has 0 saturated heterocycles. The number of aromatic nitrogens is 1. The second-order valence-electron chi connectivity index (χ2n) is 12.1. The zero-order valence-electron chi connectivity index (χ0n) is 24.2. The van der Waals surface area contributed by atoms with Crippen LogP contribution in [0.4, 0.5) is 0 Å². The molecule has 0 bridgehead atoms. The van der Waals surface area contributed by atoms with Crippen molar-refractivity contribution in [1.82, 2.24) is 9.88 Å². The van der Waals surface area contributed by atoms with Gasteiger partial charge in [-0.25, -0.2) is 4.79 Å². The quantitative estimate of drug-likeness (QED) is 0.169. The van der Waals surface area contributed by atoms with E-state index >= 15 is 0 Å². The molecule has 1 N–H and O–H groups in total. The van der Waals surface area contributed by atoms with Crippen LogP contribution in [0.15, 0.2) is 54.7 Å². The first-order valence-corrected chi connectivity index (χ1v) is 16.7. The molecule has 2 aromatic carbocycles. The van der Waals surface area contributed by atoms with E-state index in [1.807, 2.05) is 6.92 Å². The van der Waals surface area contributed by atoms with E-state index in [0.717, 1.165) is 50.1 Å². The van der Waals surface area contributed by atoms with Gasteiger partial charge < -0.3 is 14.1 Å². The Morgan fingerprint density at radius 3 is 2.66 bits per heavy atom. The Kier molecular flexibility index (Phi) is 8.65. The predicted octanol–water partition coefficient (Wildman–Crippen LogP) is 7.30. The molecule has 6 heteroatoms. The highest BCUT2D eigenvalue weighted by Gasteiger charge is 2.37. The zero-order chi connectivity index (χ0) is 27.5. The number of rotatable bonds is 10. The summed E-state index contributed by atoms with van der Waals surface area (Å²) in [7, 11) is -0.392. The highest BCUT2D eigenvalue weighted by Crippen LogP contribution is 2.39. The van der Waals surface area contributed by atoms with E-state index in [4.69, 9.17) is 9.16 Å². The van der Waals surface area contributed by atoms with E-state index in [1.54, 1.807) is 6.08 Å². The maximum Gasteiger partial charge on any atom is 0.330 e. The lowest BCUT2D eigenvalue weighted by Crippen LogP contribution is -2.43. The Hall–Kier alpha value is -2.67. The van der Waals surface area contributed by atoms with Crippen LogP contribution in [0.25, 0.3) is 16.5 Å². The van der Waals surface area contributed by atoms with Gasteiger partial charge in [-0.1, -0.05) is 57.2 Å². The molecule has 1 aromatic heterocycles. The van der Waals surface area contributed by atoms with Crippen LogP contribution in [0.2, 0.25) is 18.1 Å². The van der Waals surface area contributed by atoms with Crippen LogP contribution in [-0.2, 0) is 26.8 Å². The van der Waals surface area contributed by atoms with Crippen molar-refractivity contribution in [3.63, 3.8) is 0 Å². The van der Waals surface area contributed by atoms with Crippen molar-refractivity contribution in [1.29, 1.82) is 0 Å². The number of nitrogens with zero attached hydrogens (tertiary/aromatic N) is 1. The van der Waals surface area contributed by atoms with Crippen molar-refractivity contribution in [3.05, 3.63) is 77.0 Å². The number of aromatic amines is 1. The number of H-pyrrole nitrogens is 1. The number of carbonyl (C=O) groups excluding carboxylic acids is 1. The molecule has 0 aliphatic heterocycles. The summed E-state index contributed by atoms with van der Waals surface area (Å²) in [5.41, 5.74) is 7.37. The molecule has 0 amide bonds. The van der Waals surface area contributed by atoms with Crippen molar-refractivity contribution in [2.75, 3.05) is 26.8 Å². The minimum Gasteiger partial charge on any atom is -0.466 e. The first kappa shape index (κ1) is 28.3. The Labute approximate surface area is 229 Å². The van der Waals surface area contributed by atoms with Gasteiger partial charge in [-0.15, -0.1) is 0 Å². The minimum absolute atomic E-state index is 0.202. The predicted molar refractivity (Wildman–Crippen MR) is 160 cm³/mol. The standard InChI is InChI=1S/C32H44N2O3Si/c1-23(20-31(35)36-5)24-12-14-28-25(21-24)13-15-30(28)34(18-19-37-38(6,7)32(2,3)4)17-16-26-22-33-29-11-9-8-10-27(26)29/h8-12,14,20-22,30,33H,13,15-19H2,1-7H3/b23-20+. The number of carbonyl (C=O) groups is 1. The molecule has 0 radical (unpaired) electrons. The fraction of sp³-hybridized carbons (Fsp3) is 0.469. The zero-order valence-corrected chi connectivity index (χ0v) is 25.2. The molecule has 1 aliphatic carbocycles. The second-order valence-corrected chi connectivity index (χ2v) is 16.9. The molecule has 0 fully saturated rings. The number of aryl methyl sites for hydroxylation is 1. The number of benzene rings is 2. The van der Waals surface area contributed by atoms with E-state index in [1.165, 1.54) is 34.7 Å². The number of hydrogen-bond acceptors (Lipinski definition) is 4. The van der Waals surface area contributed by atoms with Crippen LogP contribution in [0.3, 0.4) is 0 Å². The number of methoxy groups -OCH3 is 1. The molecule has 204 valence electrons. The first-order valence-electron chi connectivity index (χ1n) is 13.8. The number of nitrogens with one attached hydrogen (secondary N) is 1. The number of esters is 1. The third-order valence-electron chi connectivity index (χ3n) is 8.61. The largest absolute Gasteiger partial charge is 0.466 e. The molecule has 5 nitrogen and oxygen atoms in total. The summed E-state index contributed by atoms with van der Waals surface area (Å²) in [4.78, 5) is 17.8.